The molecule has 1 rings (SSSR count). The Kier molecular flexibility index (Phi) is 5.54. The molecule has 0 aliphatic heterocycles. The fourth-order valence-corrected chi connectivity index (χ4v) is 2.17. The van der Waals surface area contributed by atoms with Crippen LogP contribution < -0.4 is 5.32 Å². The molecule has 15 heavy (non-hydrogen) atoms. The van der Waals surface area contributed by atoms with Gasteiger partial charge in [-0.1, -0.05) is 19.3 Å². The van der Waals surface area contributed by atoms with E-state index in [1.54, 1.807) is 6.92 Å². The van der Waals surface area contributed by atoms with Crippen LogP contribution in [0.4, 0.5) is 0 Å². The van der Waals surface area contributed by atoms with Gasteiger partial charge in [-0.3, -0.25) is 4.79 Å². The minimum absolute atomic E-state index is 0.137. The van der Waals surface area contributed by atoms with Gasteiger partial charge in [0.25, 0.3) is 0 Å². The van der Waals surface area contributed by atoms with Gasteiger partial charge in [-0.05, 0) is 32.2 Å². The Balaban J connectivity index is 2.04. The summed E-state index contributed by atoms with van der Waals surface area (Å²) >= 11 is 0. The highest BCUT2D eigenvalue weighted by Gasteiger charge is 2.13. The average molecular weight is 210 g/mol. The van der Waals surface area contributed by atoms with Gasteiger partial charge >= 0.3 is 0 Å². The predicted octanol–water partition coefficient (Wildman–Crippen LogP) is 2.16. The molecule has 0 spiro atoms. The Bertz CT molecular complexity index is 220. The van der Waals surface area contributed by atoms with Crippen LogP contribution in [0.5, 0.6) is 0 Å². The van der Waals surface area contributed by atoms with Crippen molar-refractivity contribution in [3.8, 4) is 0 Å². The van der Waals surface area contributed by atoms with E-state index in [2.05, 4.69) is 5.32 Å². The molecule has 0 atom stereocenters. The quantitative estimate of drug-likeness (QED) is 0.660. The predicted molar refractivity (Wildman–Crippen MR) is 62.5 cm³/mol. The topological polar surface area (TPSA) is 53.0 Å². The maximum atomic E-state index is 11.3. The molecule has 86 valence electrons. The fraction of sp³-hybridized carbons (Fsp3) is 0.833. The molecule has 0 radical (unpaired) electrons. The summed E-state index contributed by atoms with van der Waals surface area (Å²) in [6, 6.07) is 0. The highest BCUT2D eigenvalue weighted by atomic mass is 16.1. The molecule has 3 heteroatoms. The van der Waals surface area contributed by atoms with Crippen molar-refractivity contribution in [1.82, 2.24) is 5.32 Å². The van der Waals surface area contributed by atoms with Crippen molar-refractivity contribution in [2.24, 2.45) is 5.92 Å². The SMILES string of the molecule is CC(=N)CC(=O)CNCC1CCCCC1. The second-order valence-electron chi connectivity index (χ2n) is 4.63. The van der Waals surface area contributed by atoms with E-state index in [0.717, 1.165) is 12.5 Å². The largest absolute Gasteiger partial charge is 0.310 e. The number of hydrogen-bond acceptors (Lipinski definition) is 3. The minimum atomic E-state index is 0.137. The van der Waals surface area contributed by atoms with E-state index < -0.39 is 0 Å². The lowest BCUT2D eigenvalue weighted by Crippen LogP contribution is -2.30. The van der Waals surface area contributed by atoms with Crippen LogP contribution in [0, 0.1) is 11.3 Å². The molecule has 0 heterocycles. The van der Waals surface area contributed by atoms with Crippen molar-refractivity contribution in [2.45, 2.75) is 45.4 Å². The van der Waals surface area contributed by atoms with Crippen molar-refractivity contribution in [1.29, 1.82) is 5.41 Å². The third kappa shape index (κ3) is 5.67. The lowest BCUT2D eigenvalue weighted by atomic mass is 9.89. The Morgan fingerprint density at radius 1 is 1.33 bits per heavy atom. The standard InChI is InChI=1S/C12H22N2O/c1-10(13)7-12(15)9-14-8-11-5-3-2-4-6-11/h11,13-14H,2-9H2,1H3. The van der Waals surface area contributed by atoms with Crippen LogP contribution >= 0.6 is 0 Å². The second kappa shape index (κ2) is 6.72. The van der Waals surface area contributed by atoms with Crippen LogP contribution in [0.15, 0.2) is 0 Å². The number of Topliss-reactive ketones (excluding diaryl/α,β-unsaturated/α-hetero) is 1. The van der Waals surface area contributed by atoms with Gasteiger partial charge in [0, 0.05) is 12.1 Å². The van der Waals surface area contributed by atoms with Gasteiger partial charge in [0.05, 0.1) is 6.54 Å². The Hall–Kier alpha value is -0.700. The smallest absolute Gasteiger partial charge is 0.152 e. The van der Waals surface area contributed by atoms with Gasteiger partial charge in [0.15, 0.2) is 5.78 Å². The van der Waals surface area contributed by atoms with Gasteiger partial charge in [-0.15, -0.1) is 0 Å². The molecule has 2 N–H and O–H groups in total. The first-order chi connectivity index (χ1) is 7.18. The summed E-state index contributed by atoms with van der Waals surface area (Å²) in [4.78, 5) is 11.3. The molecule has 1 fully saturated rings. The zero-order valence-electron chi connectivity index (χ0n) is 9.64. The Morgan fingerprint density at radius 2 is 2.00 bits per heavy atom. The van der Waals surface area contributed by atoms with Crippen LogP contribution in [0.1, 0.15) is 45.4 Å². The first-order valence-electron chi connectivity index (χ1n) is 5.95. The number of carbonyl (C=O) groups excluding carboxylic acids is 1. The molecule has 1 saturated carbocycles. The molecule has 1 aliphatic rings. The Labute approximate surface area is 92.1 Å². The normalized spacial score (nSPS) is 17.7. The molecule has 0 bridgehead atoms. The molecular formula is C12H22N2O. The Morgan fingerprint density at radius 3 is 2.60 bits per heavy atom. The minimum Gasteiger partial charge on any atom is -0.310 e. The first-order valence-corrected chi connectivity index (χ1v) is 5.95. The first kappa shape index (κ1) is 12.4. The van der Waals surface area contributed by atoms with Crippen LogP contribution in [-0.4, -0.2) is 24.6 Å². The molecule has 0 amide bonds. The molecule has 0 aromatic rings. The van der Waals surface area contributed by atoms with Gasteiger partial charge < -0.3 is 10.7 Å². The summed E-state index contributed by atoms with van der Waals surface area (Å²) in [5, 5.41) is 10.4. The molecule has 0 unspecified atom stereocenters. The van der Waals surface area contributed by atoms with E-state index in [0.29, 0.717) is 18.7 Å². The highest BCUT2D eigenvalue weighted by molar-refractivity contribution is 6.00. The number of hydrogen-bond donors (Lipinski definition) is 2. The van der Waals surface area contributed by atoms with Crippen LogP contribution in [-0.2, 0) is 4.79 Å². The molecular weight excluding hydrogens is 188 g/mol. The molecule has 0 aromatic heterocycles. The van der Waals surface area contributed by atoms with Crippen molar-refractivity contribution in [3.63, 3.8) is 0 Å². The fourth-order valence-electron chi connectivity index (χ4n) is 2.17. The molecule has 1 aliphatic carbocycles. The molecule has 0 saturated heterocycles. The summed E-state index contributed by atoms with van der Waals surface area (Å²) in [5.74, 6) is 0.908. The van der Waals surface area contributed by atoms with E-state index in [1.165, 1.54) is 32.1 Å². The van der Waals surface area contributed by atoms with E-state index in [-0.39, 0.29) is 5.78 Å². The van der Waals surface area contributed by atoms with Gasteiger partial charge in [0.1, 0.15) is 0 Å². The van der Waals surface area contributed by atoms with E-state index in [4.69, 9.17) is 5.41 Å². The van der Waals surface area contributed by atoms with Crippen molar-refractivity contribution >= 4 is 11.5 Å². The average Bonchev–Trinajstić information content (AvgIpc) is 2.18. The van der Waals surface area contributed by atoms with Crippen molar-refractivity contribution < 1.29 is 4.79 Å². The van der Waals surface area contributed by atoms with E-state index in [1.807, 2.05) is 0 Å². The van der Waals surface area contributed by atoms with Gasteiger partial charge in [0.2, 0.25) is 0 Å². The number of ketones is 1. The molecule has 0 aromatic carbocycles. The van der Waals surface area contributed by atoms with Gasteiger partial charge in [-0.25, -0.2) is 0 Å². The zero-order chi connectivity index (χ0) is 11.1. The van der Waals surface area contributed by atoms with Crippen molar-refractivity contribution in [2.75, 3.05) is 13.1 Å². The van der Waals surface area contributed by atoms with E-state index in [9.17, 15) is 4.79 Å². The van der Waals surface area contributed by atoms with Crippen LogP contribution in [0.3, 0.4) is 0 Å². The van der Waals surface area contributed by atoms with Gasteiger partial charge in [-0.2, -0.15) is 0 Å². The third-order valence-electron chi connectivity index (χ3n) is 2.94. The van der Waals surface area contributed by atoms with Crippen LogP contribution in [0.25, 0.3) is 0 Å². The summed E-state index contributed by atoms with van der Waals surface area (Å²) in [5.41, 5.74) is 0.458. The summed E-state index contributed by atoms with van der Waals surface area (Å²) in [7, 11) is 0. The van der Waals surface area contributed by atoms with E-state index >= 15 is 0 Å². The zero-order valence-corrected chi connectivity index (χ0v) is 9.64. The maximum absolute atomic E-state index is 11.3. The maximum Gasteiger partial charge on any atom is 0.152 e. The highest BCUT2D eigenvalue weighted by Crippen LogP contribution is 2.22. The summed E-state index contributed by atoms with van der Waals surface area (Å²) in [6.07, 6.45) is 7.00. The lowest BCUT2D eigenvalue weighted by Gasteiger charge is -2.21. The molecule has 3 nitrogen and oxygen atoms in total. The van der Waals surface area contributed by atoms with Crippen molar-refractivity contribution in [3.05, 3.63) is 0 Å². The van der Waals surface area contributed by atoms with Crippen LogP contribution in [0.2, 0.25) is 0 Å². The second-order valence-corrected chi connectivity index (χ2v) is 4.63. The summed E-state index contributed by atoms with van der Waals surface area (Å²) < 4.78 is 0. The number of carbonyl (C=O) groups is 1. The summed E-state index contributed by atoms with van der Waals surface area (Å²) in [6.45, 7) is 3.09. The third-order valence-corrected chi connectivity index (χ3v) is 2.94. The lowest BCUT2D eigenvalue weighted by molar-refractivity contribution is -0.117. The monoisotopic (exact) mass is 210 g/mol. The number of nitrogens with one attached hydrogen (secondary N) is 2. The number of rotatable bonds is 6.